The highest BCUT2D eigenvalue weighted by Gasteiger charge is 2.28. The molecule has 0 bridgehead atoms. The molecule has 110 valence electrons. The van der Waals surface area contributed by atoms with Gasteiger partial charge in [-0.15, -0.1) is 0 Å². The summed E-state index contributed by atoms with van der Waals surface area (Å²) in [6.45, 7) is 5.89. The van der Waals surface area contributed by atoms with Gasteiger partial charge in [0.25, 0.3) is 0 Å². The number of hydrogen-bond acceptors (Lipinski definition) is 2. The minimum atomic E-state index is -0.971. The van der Waals surface area contributed by atoms with Crippen LogP contribution >= 0.6 is 0 Å². The van der Waals surface area contributed by atoms with E-state index in [0.717, 1.165) is 25.7 Å². The van der Waals surface area contributed by atoms with E-state index in [1.54, 1.807) is 0 Å². The van der Waals surface area contributed by atoms with Gasteiger partial charge in [-0.1, -0.05) is 40.0 Å². The highest BCUT2D eigenvalue weighted by Crippen LogP contribution is 2.23. The molecule has 1 aliphatic rings. The van der Waals surface area contributed by atoms with E-state index in [9.17, 15) is 9.59 Å². The number of urea groups is 1. The molecule has 1 rings (SSSR count). The smallest absolute Gasteiger partial charge is 0.326 e. The monoisotopic (exact) mass is 270 g/mol. The Balaban J connectivity index is 2.50. The van der Waals surface area contributed by atoms with Crippen molar-refractivity contribution in [2.75, 3.05) is 0 Å². The molecule has 0 heterocycles. The zero-order chi connectivity index (χ0) is 14.4. The first kappa shape index (κ1) is 15.8. The summed E-state index contributed by atoms with van der Waals surface area (Å²) in [7, 11) is 0. The lowest BCUT2D eigenvalue weighted by molar-refractivity contribution is -0.140. The van der Waals surface area contributed by atoms with Gasteiger partial charge in [-0.25, -0.2) is 9.59 Å². The molecule has 3 N–H and O–H groups in total. The normalized spacial score (nSPS) is 26.3. The highest BCUT2D eigenvalue weighted by atomic mass is 16.4. The average molecular weight is 270 g/mol. The number of amides is 2. The molecular weight excluding hydrogens is 244 g/mol. The molecule has 5 nitrogen and oxygen atoms in total. The fourth-order valence-electron chi connectivity index (χ4n) is 2.57. The topological polar surface area (TPSA) is 78.4 Å². The molecule has 0 aromatic carbocycles. The van der Waals surface area contributed by atoms with Crippen LogP contribution in [0, 0.1) is 11.8 Å². The van der Waals surface area contributed by atoms with Gasteiger partial charge in [0, 0.05) is 6.04 Å². The predicted molar refractivity (Wildman–Crippen MR) is 74.0 cm³/mol. The number of rotatable bonds is 5. The van der Waals surface area contributed by atoms with Gasteiger partial charge in [-0.3, -0.25) is 0 Å². The van der Waals surface area contributed by atoms with Crippen LogP contribution in [-0.2, 0) is 4.79 Å². The van der Waals surface area contributed by atoms with Crippen molar-refractivity contribution in [3.8, 4) is 0 Å². The van der Waals surface area contributed by atoms with Gasteiger partial charge in [0.15, 0.2) is 0 Å². The maximum atomic E-state index is 11.9. The number of carboxylic acid groups (broad SMARTS) is 1. The summed E-state index contributed by atoms with van der Waals surface area (Å²) in [4.78, 5) is 23.1. The second-order valence-corrected chi connectivity index (χ2v) is 5.69. The second kappa shape index (κ2) is 7.36. The Morgan fingerprint density at radius 2 is 1.95 bits per heavy atom. The van der Waals surface area contributed by atoms with Crippen LogP contribution in [0.25, 0.3) is 0 Å². The van der Waals surface area contributed by atoms with E-state index >= 15 is 0 Å². The maximum Gasteiger partial charge on any atom is 0.326 e. The largest absolute Gasteiger partial charge is 0.480 e. The Morgan fingerprint density at radius 1 is 1.32 bits per heavy atom. The van der Waals surface area contributed by atoms with E-state index in [1.807, 2.05) is 13.8 Å². The SMILES string of the molecule is CC[C@H](C)[C@H](NC(=O)NC1CCCCC1C)C(=O)O. The van der Waals surface area contributed by atoms with Crippen molar-refractivity contribution in [2.45, 2.75) is 65.0 Å². The molecule has 2 amide bonds. The number of nitrogens with one attached hydrogen (secondary N) is 2. The van der Waals surface area contributed by atoms with E-state index in [2.05, 4.69) is 17.6 Å². The molecule has 0 aromatic rings. The molecule has 0 aromatic heterocycles. The second-order valence-electron chi connectivity index (χ2n) is 5.69. The number of aliphatic carboxylic acids is 1. The quantitative estimate of drug-likeness (QED) is 0.717. The predicted octanol–water partition coefficient (Wildman–Crippen LogP) is 2.36. The molecule has 5 heteroatoms. The Hall–Kier alpha value is -1.26. The molecule has 1 saturated carbocycles. The Kier molecular flexibility index (Phi) is 6.12. The van der Waals surface area contributed by atoms with Crippen LogP contribution in [-0.4, -0.2) is 29.2 Å². The van der Waals surface area contributed by atoms with Crippen LogP contribution in [0.1, 0.15) is 52.9 Å². The molecular formula is C14H26N2O3. The average Bonchev–Trinajstić information content (AvgIpc) is 2.37. The van der Waals surface area contributed by atoms with Gasteiger partial charge in [-0.05, 0) is 24.7 Å². The molecule has 0 radical (unpaired) electrons. The van der Waals surface area contributed by atoms with Crippen LogP contribution < -0.4 is 10.6 Å². The van der Waals surface area contributed by atoms with E-state index in [1.165, 1.54) is 6.42 Å². The van der Waals surface area contributed by atoms with E-state index in [0.29, 0.717) is 5.92 Å². The van der Waals surface area contributed by atoms with Crippen LogP contribution in [0.2, 0.25) is 0 Å². The Bertz CT molecular complexity index is 320. The minimum absolute atomic E-state index is 0.0768. The highest BCUT2D eigenvalue weighted by molar-refractivity contribution is 5.82. The number of carbonyl (C=O) groups excluding carboxylic acids is 1. The first-order valence-electron chi connectivity index (χ1n) is 7.25. The molecule has 19 heavy (non-hydrogen) atoms. The van der Waals surface area contributed by atoms with Crippen molar-refractivity contribution in [3.63, 3.8) is 0 Å². The molecule has 0 aliphatic heterocycles. The molecule has 2 unspecified atom stereocenters. The summed E-state index contributed by atoms with van der Waals surface area (Å²) < 4.78 is 0. The summed E-state index contributed by atoms with van der Waals surface area (Å²) in [5, 5.41) is 14.6. The zero-order valence-electron chi connectivity index (χ0n) is 12.1. The molecule has 1 aliphatic carbocycles. The van der Waals surface area contributed by atoms with Gasteiger partial charge in [0.05, 0.1) is 0 Å². The van der Waals surface area contributed by atoms with Crippen molar-refractivity contribution in [3.05, 3.63) is 0 Å². The zero-order valence-corrected chi connectivity index (χ0v) is 12.1. The minimum Gasteiger partial charge on any atom is -0.480 e. The lowest BCUT2D eigenvalue weighted by Crippen LogP contribution is -2.52. The van der Waals surface area contributed by atoms with Gasteiger partial charge >= 0.3 is 12.0 Å². The fourth-order valence-corrected chi connectivity index (χ4v) is 2.57. The summed E-state index contributed by atoms with van der Waals surface area (Å²) in [6, 6.07) is -1.00. The summed E-state index contributed by atoms with van der Waals surface area (Å²) in [5.74, 6) is -0.584. The lowest BCUT2D eigenvalue weighted by Gasteiger charge is -2.30. The van der Waals surface area contributed by atoms with Crippen molar-refractivity contribution >= 4 is 12.0 Å². The number of carboxylic acids is 1. The first-order valence-corrected chi connectivity index (χ1v) is 7.25. The molecule has 0 spiro atoms. The van der Waals surface area contributed by atoms with Crippen molar-refractivity contribution in [1.29, 1.82) is 0 Å². The molecule has 4 atom stereocenters. The number of carbonyl (C=O) groups is 2. The van der Waals surface area contributed by atoms with Crippen molar-refractivity contribution in [1.82, 2.24) is 10.6 Å². The standard InChI is InChI=1S/C14H26N2O3/c1-4-9(2)12(13(17)18)16-14(19)15-11-8-6-5-7-10(11)3/h9-12H,4-8H2,1-3H3,(H,17,18)(H2,15,16,19)/t9-,10?,11?,12-/m0/s1. The van der Waals surface area contributed by atoms with E-state index in [4.69, 9.17) is 5.11 Å². The Labute approximate surface area is 115 Å². The van der Waals surface area contributed by atoms with Gasteiger partial charge < -0.3 is 15.7 Å². The maximum absolute atomic E-state index is 11.9. The van der Waals surface area contributed by atoms with Gasteiger partial charge in [0.1, 0.15) is 6.04 Å². The fraction of sp³-hybridized carbons (Fsp3) is 0.857. The first-order chi connectivity index (χ1) is 8.95. The van der Waals surface area contributed by atoms with E-state index < -0.39 is 12.0 Å². The lowest BCUT2D eigenvalue weighted by atomic mass is 9.86. The van der Waals surface area contributed by atoms with Gasteiger partial charge in [0.2, 0.25) is 0 Å². The third kappa shape index (κ3) is 4.73. The number of hydrogen-bond donors (Lipinski definition) is 3. The van der Waals surface area contributed by atoms with E-state index in [-0.39, 0.29) is 18.0 Å². The van der Waals surface area contributed by atoms with Crippen LogP contribution in [0.4, 0.5) is 4.79 Å². The van der Waals surface area contributed by atoms with Crippen molar-refractivity contribution in [2.24, 2.45) is 11.8 Å². The molecule has 1 fully saturated rings. The Morgan fingerprint density at radius 3 is 2.47 bits per heavy atom. The summed E-state index contributed by atoms with van der Waals surface area (Å²) >= 11 is 0. The van der Waals surface area contributed by atoms with Crippen molar-refractivity contribution < 1.29 is 14.7 Å². The third-order valence-corrected chi connectivity index (χ3v) is 4.19. The third-order valence-electron chi connectivity index (χ3n) is 4.19. The van der Waals surface area contributed by atoms with Crippen LogP contribution in [0.15, 0.2) is 0 Å². The molecule has 0 saturated heterocycles. The van der Waals surface area contributed by atoms with Crippen LogP contribution in [0.3, 0.4) is 0 Å². The van der Waals surface area contributed by atoms with Crippen LogP contribution in [0.5, 0.6) is 0 Å². The van der Waals surface area contributed by atoms with Gasteiger partial charge in [-0.2, -0.15) is 0 Å². The summed E-state index contributed by atoms with van der Waals surface area (Å²) in [6.07, 6.45) is 5.17. The summed E-state index contributed by atoms with van der Waals surface area (Å²) in [5.41, 5.74) is 0.